The normalized spacial score (nSPS) is 13.3. The fourth-order valence-corrected chi connectivity index (χ4v) is 5.29. The van der Waals surface area contributed by atoms with Gasteiger partial charge in [0.1, 0.15) is 28.3 Å². The van der Waals surface area contributed by atoms with Crippen LogP contribution in [0.2, 0.25) is 0 Å². The molecule has 5 rings (SSSR count). The summed E-state index contributed by atoms with van der Waals surface area (Å²) in [5.41, 5.74) is 1.47. The first-order valence-electron chi connectivity index (χ1n) is 11.7. The highest BCUT2D eigenvalue weighted by atomic mass is 32.1. The number of fused-ring (bicyclic) bond motifs is 3. The summed E-state index contributed by atoms with van der Waals surface area (Å²) in [6.45, 7) is 6.72. The number of rotatable bonds is 5. The summed E-state index contributed by atoms with van der Waals surface area (Å²) in [4.78, 5) is 25.4. The van der Waals surface area contributed by atoms with Gasteiger partial charge in [-0.1, -0.05) is 18.2 Å². The number of anilines is 2. The highest BCUT2D eigenvalue weighted by molar-refractivity contribution is 7.19. The van der Waals surface area contributed by atoms with Crippen LogP contribution in [0.4, 0.5) is 16.3 Å². The lowest BCUT2D eigenvalue weighted by Gasteiger charge is -2.30. The molecule has 0 saturated heterocycles. The monoisotopic (exact) mass is 504 g/mol. The lowest BCUT2D eigenvalue weighted by atomic mass is 10.1. The smallest absolute Gasteiger partial charge is 0.410 e. The molecule has 9 heteroatoms. The van der Waals surface area contributed by atoms with E-state index in [4.69, 9.17) is 14.2 Å². The number of methoxy groups -OCH3 is 1. The number of carbonyl (C=O) groups is 1. The molecule has 4 aromatic rings. The van der Waals surface area contributed by atoms with Crippen LogP contribution in [0.25, 0.3) is 10.2 Å². The number of amides is 1. The van der Waals surface area contributed by atoms with E-state index in [1.165, 1.54) is 5.56 Å². The highest BCUT2D eigenvalue weighted by Crippen LogP contribution is 2.40. The Labute approximate surface area is 213 Å². The van der Waals surface area contributed by atoms with Crippen molar-refractivity contribution in [2.45, 2.75) is 39.3 Å². The fourth-order valence-electron chi connectivity index (χ4n) is 4.09. The van der Waals surface area contributed by atoms with Gasteiger partial charge in [0.25, 0.3) is 0 Å². The molecule has 3 heterocycles. The summed E-state index contributed by atoms with van der Waals surface area (Å²) in [5.74, 6) is 2.69. The van der Waals surface area contributed by atoms with Crippen molar-refractivity contribution in [3.63, 3.8) is 0 Å². The Morgan fingerprint density at radius 2 is 1.89 bits per heavy atom. The Morgan fingerprint density at radius 1 is 1.08 bits per heavy atom. The average Bonchev–Trinajstić information content (AvgIpc) is 3.23. The summed E-state index contributed by atoms with van der Waals surface area (Å²) >= 11 is 1.59. The number of nitrogens with one attached hydrogen (secondary N) is 1. The standard InChI is InChI=1S/C27H28N4O4S/c1-27(2,3)35-26(32)31-13-12-19-22(15-31)36-25-23(19)24(28-16-29-25)30-17-10-11-20(21(14-17)33-4)34-18-8-6-5-7-9-18/h5-11,14,16H,12-13,15H2,1-4H3,(H,28,29,30). The number of nitrogens with zero attached hydrogens (tertiary/aromatic N) is 3. The molecule has 0 aliphatic carbocycles. The number of thiophene rings is 1. The van der Waals surface area contributed by atoms with Crippen molar-refractivity contribution < 1.29 is 19.0 Å². The predicted octanol–water partition coefficient (Wildman–Crippen LogP) is 6.53. The molecule has 0 bridgehead atoms. The first kappa shape index (κ1) is 23.9. The van der Waals surface area contributed by atoms with Crippen molar-refractivity contribution in [1.29, 1.82) is 0 Å². The molecule has 0 spiro atoms. The summed E-state index contributed by atoms with van der Waals surface area (Å²) in [5, 5.41) is 4.42. The van der Waals surface area contributed by atoms with E-state index in [9.17, 15) is 4.79 Å². The van der Waals surface area contributed by atoms with Crippen LogP contribution in [0.5, 0.6) is 17.2 Å². The van der Waals surface area contributed by atoms with E-state index in [0.29, 0.717) is 31.0 Å². The molecule has 36 heavy (non-hydrogen) atoms. The second-order valence-corrected chi connectivity index (χ2v) is 10.5. The predicted molar refractivity (Wildman–Crippen MR) is 141 cm³/mol. The van der Waals surface area contributed by atoms with E-state index >= 15 is 0 Å². The van der Waals surface area contributed by atoms with Crippen LogP contribution in [0, 0.1) is 0 Å². The minimum atomic E-state index is -0.525. The summed E-state index contributed by atoms with van der Waals surface area (Å²) in [6, 6.07) is 15.3. The van der Waals surface area contributed by atoms with Gasteiger partial charge in [-0.25, -0.2) is 14.8 Å². The number of ether oxygens (including phenoxy) is 3. The minimum Gasteiger partial charge on any atom is -0.493 e. The van der Waals surface area contributed by atoms with E-state index in [0.717, 1.165) is 32.3 Å². The third-order valence-electron chi connectivity index (χ3n) is 5.69. The lowest BCUT2D eigenvalue weighted by Crippen LogP contribution is -2.39. The van der Waals surface area contributed by atoms with Crippen molar-refractivity contribution in [3.8, 4) is 17.2 Å². The molecular formula is C27H28N4O4S. The molecule has 1 N–H and O–H groups in total. The number of hydrogen-bond donors (Lipinski definition) is 1. The van der Waals surface area contributed by atoms with Gasteiger partial charge in [-0.3, -0.25) is 0 Å². The Kier molecular flexibility index (Phi) is 6.40. The van der Waals surface area contributed by atoms with E-state index in [-0.39, 0.29) is 6.09 Å². The molecule has 1 aliphatic heterocycles. The first-order chi connectivity index (χ1) is 17.3. The first-order valence-corrected chi connectivity index (χ1v) is 12.5. The molecule has 0 fully saturated rings. The van der Waals surface area contributed by atoms with Crippen LogP contribution in [0.3, 0.4) is 0 Å². The SMILES string of the molecule is COc1cc(Nc2ncnc3sc4c(c23)CCN(C(=O)OC(C)(C)C)C4)ccc1Oc1ccccc1. The molecule has 1 aliphatic rings. The topological polar surface area (TPSA) is 85.8 Å². The number of aromatic nitrogens is 2. The van der Waals surface area contributed by atoms with Crippen LogP contribution in [-0.4, -0.2) is 40.2 Å². The molecule has 0 radical (unpaired) electrons. The Hall–Kier alpha value is -3.85. The average molecular weight is 505 g/mol. The molecule has 0 saturated carbocycles. The maximum atomic E-state index is 12.6. The van der Waals surface area contributed by atoms with E-state index in [1.807, 2.05) is 69.3 Å². The van der Waals surface area contributed by atoms with Crippen molar-refractivity contribution >= 4 is 39.2 Å². The van der Waals surface area contributed by atoms with Gasteiger partial charge in [-0.2, -0.15) is 0 Å². The number of hydrogen-bond acceptors (Lipinski definition) is 8. The molecule has 1 amide bonds. The second-order valence-electron chi connectivity index (χ2n) is 9.46. The third kappa shape index (κ3) is 5.06. The van der Waals surface area contributed by atoms with Crippen molar-refractivity contribution in [2.24, 2.45) is 0 Å². The van der Waals surface area contributed by atoms with Crippen molar-refractivity contribution in [3.05, 3.63) is 65.3 Å². The zero-order valence-electron chi connectivity index (χ0n) is 20.7. The summed E-state index contributed by atoms with van der Waals surface area (Å²) in [6.07, 6.45) is 1.98. The molecule has 186 valence electrons. The van der Waals surface area contributed by atoms with E-state index < -0.39 is 5.60 Å². The number of carbonyl (C=O) groups excluding carboxylic acids is 1. The fraction of sp³-hybridized carbons (Fsp3) is 0.296. The zero-order chi connectivity index (χ0) is 25.3. The molecule has 2 aromatic carbocycles. The lowest BCUT2D eigenvalue weighted by molar-refractivity contribution is 0.0227. The van der Waals surface area contributed by atoms with Crippen LogP contribution < -0.4 is 14.8 Å². The van der Waals surface area contributed by atoms with Gasteiger partial charge in [0.05, 0.1) is 19.0 Å². The zero-order valence-corrected chi connectivity index (χ0v) is 21.5. The van der Waals surface area contributed by atoms with E-state index in [2.05, 4.69) is 15.3 Å². The molecule has 0 unspecified atom stereocenters. The van der Waals surface area contributed by atoms with Gasteiger partial charge in [0, 0.05) is 23.2 Å². The second kappa shape index (κ2) is 9.66. The maximum Gasteiger partial charge on any atom is 0.410 e. The molecular weight excluding hydrogens is 476 g/mol. The van der Waals surface area contributed by atoms with Crippen molar-refractivity contribution in [1.82, 2.24) is 14.9 Å². The molecule has 8 nitrogen and oxygen atoms in total. The maximum absolute atomic E-state index is 12.6. The summed E-state index contributed by atoms with van der Waals surface area (Å²) in [7, 11) is 1.62. The minimum absolute atomic E-state index is 0.292. The van der Waals surface area contributed by atoms with Crippen LogP contribution >= 0.6 is 11.3 Å². The van der Waals surface area contributed by atoms with Gasteiger partial charge in [-0.15, -0.1) is 11.3 Å². The van der Waals surface area contributed by atoms with Gasteiger partial charge < -0.3 is 24.4 Å². The Bertz CT molecular complexity index is 1400. The summed E-state index contributed by atoms with van der Waals surface area (Å²) < 4.78 is 17.1. The molecule has 0 atom stereocenters. The van der Waals surface area contributed by atoms with Crippen LogP contribution in [0.15, 0.2) is 54.9 Å². The third-order valence-corrected chi connectivity index (χ3v) is 6.81. The quantitative estimate of drug-likeness (QED) is 0.331. The number of para-hydroxylation sites is 1. The van der Waals surface area contributed by atoms with Gasteiger partial charge >= 0.3 is 6.09 Å². The number of benzene rings is 2. The molecule has 2 aromatic heterocycles. The van der Waals surface area contributed by atoms with Gasteiger partial charge in [0.2, 0.25) is 0 Å². The highest BCUT2D eigenvalue weighted by Gasteiger charge is 2.29. The van der Waals surface area contributed by atoms with E-state index in [1.54, 1.807) is 29.7 Å². The Balaban J connectivity index is 1.40. The van der Waals surface area contributed by atoms with Crippen LogP contribution in [0.1, 0.15) is 31.2 Å². The van der Waals surface area contributed by atoms with Gasteiger partial charge in [-0.05, 0) is 57.0 Å². The van der Waals surface area contributed by atoms with Crippen LogP contribution in [-0.2, 0) is 17.7 Å². The van der Waals surface area contributed by atoms with Crippen molar-refractivity contribution in [2.75, 3.05) is 19.0 Å². The van der Waals surface area contributed by atoms with Gasteiger partial charge in [0.15, 0.2) is 11.5 Å². The Morgan fingerprint density at radius 3 is 2.64 bits per heavy atom. The largest absolute Gasteiger partial charge is 0.493 e.